The molecule has 0 aliphatic carbocycles. The molecule has 14 heteroatoms. The van der Waals surface area contributed by atoms with Crippen LogP contribution in [-0.2, 0) is 47.0 Å². The molecule has 2 aromatic carbocycles. The number of ether oxygens (including phenoxy) is 1. The highest BCUT2D eigenvalue weighted by atomic mass is 35.5. The Morgan fingerprint density at radius 3 is 2.33 bits per heavy atom. The number of hydrogen-bond acceptors (Lipinski definition) is 8. The maximum Gasteiger partial charge on any atom is 0.289 e. The van der Waals surface area contributed by atoms with Crippen molar-refractivity contribution >= 4 is 45.1 Å². The summed E-state index contributed by atoms with van der Waals surface area (Å²) in [5.74, 6) is -2.88. The van der Waals surface area contributed by atoms with E-state index >= 15 is 0 Å². The highest BCUT2D eigenvalue weighted by Gasteiger charge is 2.43. The number of carbonyl (C=O) groups is 4. The van der Waals surface area contributed by atoms with Crippen LogP contribution in [0.1, 0.15) is 64.0 Å². The van der Waals surface area contributed by atoms with Crippen molar-refractivity contribution < 1.29 is 32.3 Å². The summed E-state index contributed by atoms with van der Waals surface area (Å²) in [5.41, 5.74) is 7.29. The van der Waals surface area contributed by atoms with Crippen molar-refractivity contribution in [2.75, 3.05) is 25.9 Å². The number of likely N-dealkylation sites (tertiary alicyclic amines) is 1. The molecule has 280 valence electrons. The molecule has 3 amide bonds. The van der Waals surface area contributed by atoms with Gasteiger partial charge in [-0.25, -0.2) is 13.1 Å². The van der Waals surface area contributed by atoms with Crippen LogP contribution in [0.25, 0.3) is 0 Å². The van der Waals surface area contributed by atoms with Gasteiger partial charge in [-0.05, 0) is 67.3 Å². The van der Waals surface area contributed by atoms with Gasteiger partial charge < -0.3 is 26.0 Å². The van der Waals surface area contributed by atoms with E-state index in [9.17, 15) is 27.6 Å². The zero-order valence-electron chi connectivity index (χ0n) is 29.9. The van der Waals surface area contributed by atoms with E-state index in [0.717, 1.165) is 17.4 Å². The first kappa shape index (κ1) is 41.8. The minimum Gasteiger partial charge on any atom is -0.372 e. The average Bonchev–Trinajstić information content (AvgIpc) is 3.50. The first-order valence-corrected chi connectivity index (χ1v) is 19.5. The molecule has 51 heavy (non-hydrogen) atoms. The Labute approximate surface area is 306 Å². The normalized spacial score (nSPS) is 17.6. The number of ketones is 1. The third-order valence-corrected chi connectivity index (χ3v) is 9.20. The summed E-state index contributed by atoms with van der Waals surface area (Å²) in [7, 11) is -3.82. The van der Waals surface area contributed by atoms with Crippen LogP contribution in [0.4, 0.5) is 0 Å². The van der Waals surface area contributed by atoms with Gasteiger partial charge >= 0.3 is 0 Å². The van der Waals surface area contributed by atoms with Gasteiger partial charge in [-0.2, -0.15) is 0 Å². The Kier molecular flexibility index (Phi) is 16.3. The second-order valence-electron chi connectivity index (χ2n) is 13.9. The fourth-order valence-corrected chi connectivity index (χ4v) is 6.50. The van der Waals surface area contributed by atoms with Gasteiger partial charge in [0.15, 0.2) is 0 Å². The van der Waals surface area contributed by atoms with Gasteiger partial charge in [0.1, 0.15) is 12.1 Å². The summed E-state index contributed by atoms with van der Waals surface area (Å²) in [6, 6.07) is 13.1. The molecule has 1 aliphatic rings. The van der Waals surface area contributed by atoms with Gasteiger partial charge in [-0.3, -0.25) is 19.2 Å². The summed E-state index contributed by atoms with van der Waals surface area (Å²) in [6.07, 6.45) is 5.88. The van der Waals surface area contributed by atoms with Crippen molar-refractivity contribution in [1.29, 1.82) is 0 Å². The lowest BCUT2D eigenvalue weighted by molar-refractivity contribution is -0.142. The Morgan fingerprint density at radius 1 is 1.02 bits per heavy atom. The molecule has 5 N–H and O–H groups in total. The third-order valence-electron chi connectivity index (χ3n) is 8.24. The molecular weight excluding hydrogens is 694 g/mol. The second kappa shape index (κ2) is 19.8. The first-order chi connectivity index (χ1) is 24.1. The van der Waals surface area contributed by atoms with E-state index in [2.05, 4.69) is 15.4 Å². The monoisotopic (exact) mass is 745 g/mol. The fourth-order valence-electron chi connectivity index (χ4n) is 5.66. The van der Waals surface area contributed by atoms with Crippen LogP contribution >= 0.6 is 11.6 Å². The quantitative estimate of drug-likeness (QED) is 0.0962. The molecule has 0 bridgehead atoms. The van der Waals surface area contributed by atoms with Crippen LogP contribution in [0.2, 0.25) is 5.02 Å². The van der Waals surface area contributed by atoms with Crippen LogP contribution < -0.4 is 21.1 Å². The van der Waals surface area contributed by atoms with E-state index in [1.54, 1.807) is 30.3 Å². The zero-order valence-corrected chi connectivity index (χ0v) is 31.5. The van der Waals surface area contributed by atoms with Gasteiger partial charge in [0.2, 0.25) is 27.6 Å². The molecule has 2 aromatic rings. The van der Waals surface area contributed by atoms with E-state index in [4.69, 9.17) is 22.1 Å². The molecule has 12 nitrogen and oxygen atoms in total. The largest absolute Gasteiger partial charge is 0.372 e. The van der Waals surface area contributed by atoms with E-state index in [1.165, 1.54) is 4.90 Å². The van der Waals surface area contributed by atoms with Crippen LogP contribution in [0.3, 0.4) is 0 Å². The molecule has 0 aromatic heterocycles. The maximum absolute atomic E-state index is 14.1. The molecular formula is C37H52ClN5O7S. The fraction of sp³-hybridized carbons (Fsp3) is 0.514. The van der Waals surface area contributed by atoms with Crippen molar-refractivity contribution in [1.82, 2.24) is 20.3 Å². The van der Waals surface area contributed by atoms with E-state index in [1.807, 2.05) is 57.2 Å². The molecule has 0 radical (unpaired) electrons. The number of halogens is 1. The lowest BCUT2D eigenvalue weighted by Gasteiger charge is -2.29. The molecule has 1 heterocycles. The number of amides is 3. The Morgan fingerprint density at radius 2 is 1.71 bits per heavy atom. The molecule has 4 atom stereocenters. The minimum atomic E-state index is -3.82. The molecule has 0 unspecified atom stereocenters. The minimum absolute atomic E-state index is 0.00119. The number of hydrogen-bond donors (Lipinski definition) is 4. The summed E-state index contributed by atoms with van der Waals surface area (Å²) >= 11 is 6.02. The maximum atomic E-state index is 14.1. The van der Waals surface area contributed by atoms with Gasteiger partial charge in [0.25, 0.3) is 5.91 Å². The van der Waals surface area contributed by atoms with Crippen molar-refractivity contribution in [2.45, 2.75) is 90.1 Å². The molecule has 1 saturated heterocycles. The molecule has 0 spiro atoms. The van der Waals surface area contributed by atoms with Crippen molar-refractivity contribution in [3.8, 4) is 0 Å². The Balaban J connectivity index is 1.83. The summed E-state index contributed by atoms with van der Waals surface area (Å²) in [4.78, 5) is 55.8. The number of nitrogens with zero attached hydrogens (tertiary/aromatic N) is 1. The van der Waals surface area contributed by atoms with Gasteiger partial charge in [0.05, 0.1) is 25.0 Å². The van der Waals surface area contributed by atoms with Crippen LogP contribution in [0.5, 0.6) is 0 Å². The topological polar surface area (TPSA) is 177 Å². The highest BCUT2D eigenvalue weighted by Crippen LogP contribution is 2.25. The van der Waals surface area contributed by atoms with Crippen molar-refractivity contribution in [2.24, 2.45) is 11.1 Å². The smallest absolute Gasteiger partial charge is 0.289 e. The van der Waals surface area contributed by atoms with E-state index in [-0.39, 0.29) is 44.4 Å². The van der Waals surface area contributed by atoms with E-state index in [0.29, 0.717) is 30.8 Å². The Hall–Kier alpha value is -3.62. The number of Topliss-reactive ketones (excluding diaryl/α,β-unsaturated/α-hetero) is 1. The molecule has 3 rings (SSSR count). The van der Waals surface area contributed by atoms with Crippen LogP contribution in [0.15, 0.2) is 66.7 Å². The number of nitrogens with one attached hydrogen (secondary N) is 3. The van der Waals surface area contributed by atoms with Crippen LogP contribution in [0, 0.1) is 5.41 Å². The number of benzene rings is 2. The Bertz CT molecular complexity index is 1600. The average molecular weight is 746 g/mol. The number of nitrogens with two attached hydrogens (primary N) is 1. The highest BCUT2D eigenvalue weighted by molar-refractivity contribution is 7.88. The number of allylic oxidation sites excluding steroid dienone is 1. The number of carbonyl (C=O) groups excluding carboxylic acids is 4. The molecule has 1 aliphatic heterocycles. The van der Waals surface area contributed by atoms with Gasteiger partial charge in [-0.1, -0.05) is 87.0 Å². The van der Waals surface area contributed by atoms with Crippen molar-refractivity contribution in [3.63, 3.8) is 0 Å². The molecule has 0 saturated carbocycles. The summed E-state index contributed by atoms with van der Waals surface area (Å²) < 4.78 is 33.2. The second-order valence-corrected chi connectivity index (χ2v) is 16.2. The zero-order chi connectivity index (χ0) is 37.6. The first-order valence-electron chi connectivity index (χ1n) is 17.2. The van der Waals surface area contributed by atoms with Gasteiger partial charge in [0, 0.05) is 24.5 Å². The standard InChI is InChI=1S/C37H52ClN5O7S/c1-37(2,3)20-10-14-31(42-51(4,48)49)36(47)43-24-29(50-25-27-15-17-28(38)18-16-27)23-32(43)34(45)41-30(13-8-9-21-39)33(44)35(46)40-22-19-26-11-6-5-7-12-26/h5-7,10-12,15-18,20,29-32,42H,8-9,13-14,19,21-25,39H2,1-4H3,(H,40,46)(H,41,45)/b20-10+/t29-,30+,31-,32+/m1/s1. The molecule has 1 fully saturated rings. The SMILES string of the molecule is CC(C)(C)/C=C/C[C@@H](NS(C)(=O)=O)C(=O)N1C[C@H](OCc2ccc(Cl)cc2)C[C@H]1C(=O)N[C@@H](CCCCN)C(=O)C(=O)NCCc1ccccc1. The predicted octanol–water partition coefficient (Wildman–Crippen LogP) is 3.28. The predicted molar refractivity (Wildman–Crippen MR) is 198 cm³/mol. The third kappa shape index (κ3) is 14.9. The summed E-state index contributed by atoms with van der Waals surface area (Å²) in [5, 5.41) is 5.96. The van der Waals surface area contributed by atoms with Gasteiger partial charge in [-0.15, -0.1) is 0 Å². The lowest BCUT2D eigenvalue weighted by atomic mass is 9.95. The summed E-state index contributed by atoms with van der Waals surface area (Å²) in [6.45, 7) is 6.71. The lowest BCUT2D eigenvalue weighted by Crippen LogP contribution is -2.56. The van der Waals surface area contributed by atoms with E-state index < -0.39 is 57.8 Å². The number of unbranched alkanes of at least 4 members (excludes halogenated alkanes) is 1. The number of sulfonamides is 1. The number of rotatable bonds is 19. The van der Waals surface area contributed by atoms with Crippen molar-refractivity contribution in [3.05, 3.63) is 82.9 Å². The van der Waals surface area contributed by atoms with Crippen LogP contribution in [-0.4, -0.2) is 86.9 Å².